The number of imidazole rings is 2. The summed E-state index contributed by atoms with van der Waals surface area (Å²) in [6, 6.07) is 12.2. The Hall–Kier alpha value is -2.70. The van der Waals surface area contributed by atoms with E-state index in [1.807, 2.05) is 24.3 Å². The number of aromatic nitrogens is 4. The van der Waals surface area contributed by atoms with Gasteiger partial charge in [-0.15, -0.1) is 0 Å². The van der Waals surface area contributed by atoms with Crippen molar-refractivity contribution < 1.29 is 20.2 Å². The van der Waals surface area contributed by atoms with Crippen molar-refractivity contribution in [3.63, 3.8) is 0 Å². The van der Waals surface area contributed by atoms with Crippen LogP contribution in [0.1, 0.15) is 37.7 Å². The third-order valence-corrected chi connectivity index (χ3v) is 4.29. The average molecular weight is 324 g/mol. The molecule has 0 radical (unpaired) electrons. The lowest BCUT2D eigenvalue weighted by atomic mass is 10.0. The summed E-state index contributed by atoms with van der Waals surface area (Å²) in [5, 5.41) is 19.4. The molecule has 2 aromatic heterocycles. The highest BCUT2D eigenvalue weighted by atomic mass is 16.3. The van der Waals surface area contributed by atoms with Gasteiger partial charge in [0.15, 0.2) is 34.3 Å². The van der Waals surface area contributed by atoms with E-state index >= 15 is 0 Å². The standard InChI is InChI=1S/C18H18N4O2/c1-9(23)17-19-13-5-3-11(7-15(13)21-17)12-4-6-14-16(8-12)22-18(20-14)10(2)24/h3-10,23-24H,1-2H3,(H,19,21)(H,20,22)/p+2. The Morgan fingerprint density at radius 3 is 1.54 bits per heavy atom. The second-order valence-corrected chi connectivity index (χ2v) is 6.20. The number of hydrogen-bond acceptors (Lipinski definition) is 2. The van der Waals surface area contributed by atoms with Crippen LogP contribution < -0.4 is 9.97 Å². The van der Waals surface area contributed by atoms with E-state index in [9.17, 15) is 10.2 Å². The van der Waals surface area contributed by atoms with Crippen molar-refractivity contribution >= 4 is 22.1 Å². The van der Waals surface area contributed by atoms with Crippen LogP contribution in [0.25, 0.3) is 33.2 Å². The summed E-state index contributed by atoms with van der Waals surface area (Å²) in [5.41, 5.74) is 5.97. The Balaban J connectivity index is 1.79. The fraction of sp³-hybridized carbons (Fsp3) is 0.222. The number of fused-ring (bicyclic) bond motifs is 2. The van der Waals surface area contributed by atoms with Crippen LogP contribution in [0.3, 0.4) is 0 Å². The minimum absolute atomic E-state index is 0.564. The average Bonchev–Trinajstić information content (AvgIpc) is 3.17. The van der Waals surface area contributed by atoms with Crippen LogP contribution in [-0.2, 0) is 0 Å². The SMILES string of the molecule is CC(O)c1[nH]c2cc(-c3ccc4[nH+]c(C(C)O)[nH]c4c3)ccc2[nH+]1. The van der Waals surface area contributed by atoms with Crippen LogP contribution in [0.4, 0.5) is 0 Å². The van der Waals surface area contributed by atoms with Gasteiger partial charge in [-0.1, -0.05) is 0 Å². The van der Waals surface area contributed by atoms with Gasteiger partial charge in [0.25, 0.3) is 11.6 Å². The number of aliphatic hydroxyl groups is 2. The molecule has 6 nitrogen and oxygen atoms in total. The van der Waals surface area contributed by atoms with E-state index in [0.29, 0.717) is 11.6 Å². The first kappa shape index (κ1) is 14.9. The van der Waals surface area contributed by atoms with E-state index in [2.05, 4.69) is 32.1 Å². The molecule has 0 saturated carbocycles. The Morgan fingerprint density at radius 2 is 1.17 bits per heavy atom. The number of aliphatic hydroxyl groups excluding tert-OH is 2. The molecule has 0 spiro atoms. The van der Waals surface area contributed by atoms with E-state index in [1.54, 1.807) is 13.8 Å². The quantitative estimate of drug-likeness (QED) is 0.463. The third kappa shape index (κ3) is 2.46. The summed E-state index contributed by atoms with van der Waals surface area (Å²) in [6.07, 6.45) is -1.13. The van der Waals surface area contributed by atoms with Crippen molar-refractivity contribution in [1.82, 2.24) is 9.97 Å². The summed E-state index contributed by atoms with van der Waals surface area (Å²) < 4.78 is 0. The molecule has 2 heterocycles. The van der Waals surface area contributed by atoms with Crippen molar-refractivity contribution in [3.05, 3.63) is 48.0 Å². The van der Waals surface area contributed by atoms with Gasteiger partial charge in [-0.3, -0.25) is 0 Å². The Kier molecular flexibility index (Phi) is 3.37. The van der Waals surface area contributed by atoms with Crippen molar-refractivity contribution in [2.24, 2.45) is 0 Å². The topological polar surface area (TPSA) is 100 Å². The molecule has 0 aliphatic rings. The Labute approximate surface area is 138 Å². The molecule has 2 unspecified atom stereocenters. The summed E-state index contributed by atoms with van der Waals surface area (Å²) in [4.78, 5) is 12.8. The van der Waals surface area contributed by atoms with E-state index in [4.69, 9.17) is 0 Å². The van der Waals surface area contributed by atoms with Gasteiger partial charge in [-0.2, -0.15) is 0 Å². The number of rotatable bonds is 3. The molecule has 0 saturated heterocycles. The van der Waals surface area contributed by atoms with Crippen molar-refractivity contribution in [2.75, 3.05) is 0 Å². The Bertz CT molecular complexity index is 946. The second-order valence-electron chi connectivity index (χ2n) is 6.20. The molecular weight excluding hydrogens is 304 g/mol. The fourth-order valence-electron chi connectivity index (χ4n) is 2.93. The molecule has 2 aromatic carbocycles. The van der Waals surface area contributed by atoms with E-state index in [-0.39, 0.29) is 0 Å². The zero-order chi connectivity index (χ0) is 16.8. The van der Waals surface area contributed by atoms with E-state index in [1.165, 1.54) is 0 Å². The summed E-state index contributed by atoms with van der Waals surface area (Å²) in [7, 11) is 0. The molecule has 0 amide bonds. The molecule has 2 atom stereocenters. The first-order valence-electron chi connectivity index (χ1n) is 7.97. The number of benzene rings is 2. The third-order valence-electron chi connectivity index (χ3n) is 4.29. The van der Waals surface area contributed by atoms with Crippen LogP contribution in [0, 0.1) is 0 Å². The first-order chi connectivity index (χ1) is 11.5. The summed E-state index contributed by atoms with van der Waals surface area (Å²) in [5.74, 6) is 1.39. The van der Waals surface area contributed by atoms with Crippen molar-refractivity contribution in [2.45, 2.75) is 26.1 Å². The highest BCUT2D eigenvalue weighted by molar-refractivity contribution is 5.84. The molecule has 0 aliphatic carbocycles. The molecule has 0 bridgehead atoms. The van der Waals surface area contributed by atoms with E-state index < -0.39 is 12.2 Å². The van der Waals surface area contributed by atoms with Gasteiger partial charge in [-0.25, -0.2) is 19.9 Å². The van der Waals surface area contributed by atoms with Gasteiger partial charge in [0, 0.05) is 0 Å². The minimum Gasteiger partial charge on any atom is -0.381 e. The second kappa shape index (κ2) is 5.43. The number of aromatic amines is 4. The smallest absolute Gasteiger partial charge is 0.281 e. The monoisotopic (exact) mass is 324 g/mol. The Morgan fingerprint density at radius 1 is 0.750 bits per heavy atom. The summed E-state index contributed by atoms with van der Waals surface area (Å²) >= 11 is 0. The van der Waals surface area contributed by atoms with Gasteiger partial charge in [-0.05, 0) is 61.4 Å². The minimum atomic E-state index is -0.564. The highest BCUT2D eigenvalue weighted by Crippen LogP contribution is 2.25. The number of nitrogens with one attached hydrogen (secondary N) is 4. The largest absolute Gasteiger partial charge is 0.381 e. The molecule has 6 N–H and O–H groups in total. The van der Waals surface area contributed by atoms with Gasteiger partial charge in [0.1, 0.15) is 0 Å². The molecule has 4 rings (SSSR count). The fourth-order valence-corrected chi connectivity index (χ4v) is 2.93. The van der Waals surface area contributed by atoms with Crippen LogP contribution in [0.15, 0.2) is 36.4 Å². The maximum atomic E-state index is 9.69. The van der Waals surface area contributed by atoms with Crippen molar-refractivity contribution in [1.29, 1.82) is 0 Å². The zero-order valence-electron chi connectivity index (χ0n) is 13.5. The number of H-pyrrole nitrogens is 4. The van der Waals surface area contributed by atoms with E-state index in [0.717, 1.165) is 33.2 Å². The lowest BCUT2D eigenvalue weighted by Gasteiger charge is -1.99. The normalized spacial score (nSPS) is 14.3. The van der Waals surface area contributed by atoms with Crippen LogP contribution in [-0.4, -0.2) is 20.2 Å². The van der Waals surface area contributed by atoms with Crippen LogP contribution in [0.2, 0.25) is 0 Å². The maximum Gasteiger partial charge on any atom is 0.281 e. The van der Waals surface area contributed by atoms with Gasteiger partial charge in [0.2, 0.25) is 0 Å². The molecule has 6 heteroatoms. The predicted molar refractivity (Wildman–Crippen MR) is 90.0 cm³/mol. The lowest BCUT2D eigenvalue weighted by Crippen LogP contribution is -2.09. The molecule has 0 fully saturated rings. The first-order valence-corrected chi connectivity index (χ1v) is 7.97. The number of hydrogen-bond donors (Lipinski definition) is 4. The molecule has 0 aliphatic heterocycles. The molecule has 122 valence electrons. The van der Waals surface area contributed by atoms with Gasteiger partial charge >= 0.3 is 0 Å². The zero-order valence-corrected chi connectivity index (χ0v) is 13.5. The highest BCUT2D eigenvalue weighted by Gasteiger charge is 2.17. The van der Waals surface area contributed by atoms with Crippen molar-refractivity contribution in [3.8, 4) is 11.1 Å². The van der Waals surface area contributed by atoms with Gasteiger partial charge < -0.3 is 10.2 Å². The van der Waals surface area contributed by atoms with Crippen LogP contribution in [0.5, 0.6) is 0 Å². The molecular formula is C18H20N4O2+2. The molecule has 24 heavy (non-hydrogen) atoms. The summed E-state index contributed by atoms with van der Waals surface area (Å²) in [6.45, 7) is 3.44. The molecule has 4 aromatic rings. The van der Waals surface area contributed by atoms with Gasteiger partial charge in [0.05, 0.1) is 0 Å². The predicted octanol–water partition coefficient (Wildman–Crippen LogP) is 2.05. The maximum absolute atomic E-state index is 9.69. The van der Waals surface area contributed by atoms with Crippen LogP contribution >= 0.6 is 0 Å². The lowest BCUT2D eigenvalue weighted by molar-refractivity contribution is -0.368.